The van der Waals surface area contributed by atoms with Crippen molar-refractivity contribution in [3.05, 3.63) is 12.2 Å². The summed E-state index contributed by atoms with van der Waals surface area (Å²) < 4.78 is 0. The van der Waals surface area contributed by atoms with Gasteiger partial charge in [-0.1, -0.05) is 12.2 Å². The number of piperidine rings is 1. The average Bonchev–Trinajstić information content (AvgIpc) is 2.86. The van der Waals surface area contributed by atoms with E-state index in [1.54, 1.807) is 0 Å². The van der Waals surface area contributed by atoms with Gasteiger partial charge in [0.2, 0.25) is 11.8 Å². The second kappa shape index (κ2) is 6.70. The fourth-order valence-electron chi connectivity index (χ4n) is 2.65. The minimum atomic E-state index is -0.125. The van der Waals surface area contributed by atoms with Gasteiger partial charge >= 0.3 is 0 Å². The van der Waals surface area contributed by atoms with Crippen LogP contribution in [0.5, 0.6) is 0 Å². The van der Waals surface area contributed by atoms with E-state index < -0.39 is 0 Å². The Morgan fingerprint density at radius 1 is 1.21 bits per heavy atom. The lowest BCUT2D eigenvalue weighted by atomic mass is 10.1. The van der Waals surface area contributed by atoms with Gasteiger partial charge in [0.05, 0.1) is 5.92 Å². The third-order valence-electron chi connectivity index (χ3n) is 3.80. The molecule has 1 aliphatic heterocycles. The quantitative estimate of drug-likeness (QED) is 0.723. The van der Waals surface area contributed by atoms with Crippen LogP contribution in [-0.4, -0.2) is 42.4 Å². The lowest BCUT2D eigenvalue weighted by Gasteiger charge is -2.26. The minimum Gasteiger partial charge on any atom is -0.355 e. The van der Waals surface area contributed by atoms with Gasteiger partial charge in [0.1, 0.15) is 0 Å². The zero-order valence-corrected chi connectivity index (χ0v) is 11.3. The maximum absolute atomic E-state index is 11.9. The number of hydrogen-bond acceptors (Lipinski definition) is 3. The molecule has 19 heavy (non-hydrogen) atoms. The lowest BCUT2D eigenvalue weighted by molar-refractivity contribution is -0.132. The molecule has 2 unspecified atom stereocenters. The van der Waals surface area contributed by atoms with Crippen molar-refractivity contribution in [3.63, 3.8) is 0 Å². The highest BCUT2D eigenvalue weighted by molar-refractivity contribution is 5.82. The Hall–Kier alpha value is -1.36. The summed E-state index contributed by atoms with van der Waals surface area (Å²) in [5, 5.41) is 2.82. The van der Waals surface area contributed by atoms with E-state index in [1.807, 2.05) is 17.1 Å². The molecule has 1 fully saturated rings. The molecule has 5 heteroatoms. The van der Waals surface area contributed by atoms with Crippen molar-refractivity contribution in [2.75, 3.05) is 19.6 Å². The second-order valence-corrected chi connectivity index (χ2v) is 5.37. The van der Waals surface area contributed by atoms with E-state index in [0.29, 0.717) is 19.4 Å². The first-order chi connectivity index (χ1) is 9.16. The topological polar surface area (TPSA) is 75.4 Å². The van der Waals surface area contributed by atoms with Crippen LogP contribution in [0.25, 0.3) is 0 Å². The molecule has 2 amide bonds. The Morgan fingerprint density at radius 2 is 1.95 bits per heavy atom. The number of rotatable bonds is 4. The Labute approximate surface area is 114 Å². The normalized spacial score (nSPS) is 26.5. The molecule has 3 N–H and O–H groups in total. The zero-order chi connectivity index (χ0) is 13.7. The summed E-state index contributed by atoms with van der Waals surface area (Å²) in [6, 6.07) is -0.00858. The number of carbonyl (C=O) groups is 2. The predicted octanol–water partition coefficient (Wildman–Crippen LogP) is 0.409. The molecule has 1 aliphatic carbocycles. The van der Waals surface area contributed by atoms with Crippen LogP contribution in [0.4, 0.5) is 0 Å². The van der Waals surface area contributed by atoms with Gasteiger partial charge in [-0.2, -0.15) is 0 Å². The van der Waals surface area contributed by atoms with Crippen molar-refractivity contribution in [2.45, 2.75) is 38.1 Å². The summed E-state index contributed by atoms with van der Waals surface area (Å²) in [6.45, 7) is 2.16. The molecule has 1 saturated heterocycles. The molecular weight excluding hydrogens is 242 g/mol. The van der Waals surface area contributed by atoms with Crippen molar-refractivity contribution < 1.29 is 9.59 Å². The molecule has 0 radical (unpaired) electrons. The number of nitrogens with one attached hydrogen (secondary N) is 1. The summed E-state index contributed by atoms with van der Waals surface area (Å²) >= 11 is 0. The first kappa shape index (κ1) is 14.1. The molecule has 0 aromatic carbocycles. The van der Waals surface area contributed by atoms with Gasteiger partial charge in [-0.3, -0.25) is 9.59 Å². The smallest absolute Gasteiger partial charge is 0.227 e. The maximum atomic E-state index is 11.9. The minimum absolute atomic E-state index is 0.00858. The van der Waals surface area contributed by atoms with E-state index in [9.17, 15) is 9.59 Å². The third kappa shape index (κ3) is 4.06. The average molecular weight is 265 g/mol. The highest BCUT2D eigenvalue weighted by Gasteiger charge is 2.22. The maximum Gasteiger partial charge on any atom is 0.227 e. The predicted molar refractivity (Wildman–Crippen MR) is 73.3 cm³/mol. The van der Waals surface area contributed by atoms with Gasteiger partial charge in [-0.25, -0.2) is 0 Å². The molecule has 106 valence electrons. The lowest BCUT2D eigenvalue weighted by Crippen LogP contribution is -2.38. The van der Waals surface area contributed by atoms with E-state index >= 15 is 0 Å². The molecule has 0 aromatic heterocycles. The van der Waals surface area contributed by atoms with Crippen LogP contribution in [0, 0.1) is 5.92 Å². The standard InChI is InChI=1S/C14H23N3O2/c15-12-5-4-11(10-12)14(19)16-7-6-13(18)17-8-2-1-3-9-17/h4-5,11-12H,1-3,6-10,15H2,(H,16,19). The van der Waals surface area contributed by atoms with Crippen molar-refractivity contribution in [1.82, 2.24) is 10.2 Å². The highest BCUT2D eigenvalue weighted by Crippen LogP contribution is 2.16. The molecular formula is C14H23N3O2. The van der Waals surface area contributed by atoms with Gasteiger partial charge in [0.15, 0.2) is 0 Å². The number of likely N-dealkylation sites (tertiary alicyclic amines) is 1. The van der Waals surface area contributed by atoms with Crippen molar-refractivity contribution in [1.29, 1.82) is 0 Å². The number of carbonyl (C=O) groups excluding carboxylic acids is 2. The van der Waals surface area contributed by atoms with Crippen LogP contribution in [-0.2, 0) is 9.59 Å². The largest absolute Gasteiger partial charge is 0.355 e. The summed E-state index contributed by atoms with van der Waals surface area (Å²) in [7, 11) is 0. The fourth-order valence-corrected chi connectivity index (χ4v) is 2.65. The Balaban J connectivity index is 1.64. The zero-order valence-electron chi connectivity index (χ0n) is 11.3. The van der Waals surface area contributed by atoms with Crippen LogP contribution in [0.2, 0.25) is 0 Å². The van der Waals surface area contributed by atoms with E-state index in [1.165, 1.54) is 6.42 Å². The fraction of sp³-hybridized carbons (Fsp3) is 0.714. The van der Waals surface area contributed by atoms with E-state index in [2.05, 4.69) is 5.32 Å². The number of nitrogens with two attached hydrogens (primary N) is 1. The number of amides is 2. The summed E-state index contributed by atoms with van der Waals surface area (Å²) in [6.07, 6.45) is 8.20. The van der Waals surface area contributed by atoms with Gasteiger partial charge in [0.25, 0.3) is 0 Å². The molecule has 0 saturated carbocycles. The molecule has 1 heterocycles. The van der Waals surface area contributed by atoms with Crippen LogP contribution in [0.3, 0.4) is 0 Å². The molecule has 0 spiro atoms. The van der Waals surface area contributed by atoms with Crippen LogP contribution in [0.15, 0.2) is 12.2 Å². The summed E-state index contributed by atoms with van der Waals surface area (Å²) in [4.78, 5) is 25.6. The van der Waals surface area contributed by atoms with E-state index in [0.717, 1.165) is 25.9 Å². The number of nitrogens with zero attached hydrogens (tertiary/aromatic N) is 1. The summed E-state index contributed by atoms with van der Waals surface area (Å²) in [5.41, 5.74) is 5.71. The third-order valence-corrected chi connectivity index (χ3v) is 3.80. The van der Waals surface area contributed by atoms with E-state index in [-0.39, 0.29) is 23.8 Å². The number of hydrogen-bond donors (Lipinski definition) is 2. The van der Waals surface area contributed by atoms with E-state index in [4.69, 9.17) is 5.73 Å². The van der Waals surface area contributed by atoms with Crippen molar-refractivity contribution >= 4 is 11.8 Å². The van der Waals surface area contributed by atoms with Crippen LogP contribution < -0.4 is 11.1 Å². The first-order valence-corrected chi connectivity index (χ1v) is 7.16. The molecule has 0 bridgehead atoms. The molecule has 2 rings (SSSR count). The van der Waals surface area contributed by atoms with Crippen LogP contribution >= 0.6 is 0 Å². The first-order valence-electron chi connectivity index (χ1n) is 7.16. The van der Waals surface area contributed by atoms with Gasteiger partial charge in [-0.15, -0.1) is 0 Å². The van der Waals surface area contributed by atoms with Crippen molar-refractivity contribution in [2.24, 2.45) is 11.7 Å². The van der Waals surface area contributed by atoms with Gasteiger partial charge < -0.3 is 16.0 Å². The molecule has 2 atom stereocenters. The van der Waals surface area contributed by atoms with Crippen LogP contribution in [0.1, 0.15) is 32.1 Å². The molecule has 2 aliphatic rings. The Kier molecular flexibility index (Phi) is 4.96. The molecule has 5 nitrogen and oxygen atoms in total. The van der Waals surface area contributed by atoms with Crippen molar-refractivity contribution in [3.8, 4) is 0 Å². The van der Waals surface area contributed by atoms with Gasteiger partial charge in [-0.05, 0) is 25.7 Å². The highest BCUT2D eigenvalue weighted by atomic mass is 16.2. The van der Waals surface area contributed by atoms with Gasteiger partial charge in [0, 0.05) is 32.1 Å². The Bertz CT molecular complexity index is 362. The second-order valence-electron chi connectivity index (χ2n) is 5.37. The summed E-state index contributed by atoms with van der Waals surface area (Å²) in [5.74, 6) is 0.00870. The Morgan fingerprint density at radius 3 is 2.58 bits per heavy atom. The molecule has 0 aromatic rings. The SMILES string of the molecule is NC1C=CC(C(=O)NCCC(=O)N2CCCCC2)C1. The monoisotopic (exact) mass is 265 g/mol.